The third kappa shape index (κ3) is 3.26. The summed E-state index contributed by atoms with van der Waals surface area (Å²) in [6.07, 6.45) is 0.222. The number of carbonyl (C=O) groups excluding carboxylic acids is 1. The molecule has 0 bridgehead atoms. The molecule has 0 aliphatic rings. The Morgan fingerprint density at radius 3 is 2.71 bits per heavy atom. The minimum Gasteiger partial charge on any atom is -0.488 e. The Hall–Kier alpha value is -2.44. The summed E-state index contributed by atoms with van der Waals surface area (Å²) in [5, 5.41) is 13.9. The van der Waals surface area contributed by atoms with E-state index in [2.05, 4.69) is 20.6 Å². The van der Waals surface area contributed by atoms with Gasteiger partial charge >= 0.3 is 0 Å². The van der Waals surface area contributed by atoms with Crippen molar-refractivity contribution in [3.63, 3.8) is 0 Å². The number of aromatic nitrogens is 4. The molecule has 0 radical (unpaired) electrons. The van der Waals surface area contributed by atoms with E-state index in [0.29, 0.717) is 11.6 Å². The largest absolute Gasteiger partial charge is 0.488 e. The summed E-state index contributed by atoms with van der Waals surface area (Å²) in [5.74, 6) is 0.718. The minimum absolute atomic E-state index is 0.210. The number of rotatable bonds is 5. The fraction of sp³-hybridized carbons (Fsp3) is 0.200. The van der Waals surface area contributed by atoms with Crippen molar-refractivity contribution >= 4 is 5.91 Å². The lowest BCUT2D eigenvalue weighted by atomic mass is 10.1. The number of nitrogens with two attached hydrogens (primary N) is 1. The van der Waals surface area contributed by atoms with Crippen LogP contribution in [-0.4, -0.2) is 21.4 Å². The molecule has 0 aliphatic carbocycles. The van der Waals surface area contributed by atoms with Gasteiger partial charge in [-0.2, -0.15) is 5.21 Å². The molecule has 0 fully saturated rings. The summed E-state index contributed by atoms with van der Waals surface area (Å²) in [6, 6.07) is 7.06. The Morgan fingerprint density at radius 1 is 1.35 bits per heavy atom. The van der Waals surface area contributed by atoms with Crippen LogP contribution in [0.3, 0.4) is 0 Å². The molecule has 0 atom stereocenters. The first kappa shape index (κ1) is 11.1. The highest BCUT2D eigenvalue weighted by Crippen LogP contribution is 2.13. The highest BCUT2D eigenvalue weighted by Gasteiger charge is 1.99. The SMILES string of the molecule is NC(=O)Cc1ccc(OCc2nnn[n-]2)cc1. The van der Waals surface area contributed by atoms with Crippen LogP contribution in [0.15, 0.2) is 24.3 Å². The average molecular weight is 232 g/mol. The van der Waals surface area contributed by atoms with Crippen molar-refractivity contribution in [1.29, 1.82) is 0 Å². The molecule has 1 aromatic heterocycles. The van der Waals surface area contributed by atoms with Gasteiger partial charge in [-0.25, -0.2) is 0 Å². The van der Waals surface area contributed by atoms with Gasteiger partial charge in [0.15, 0.2) is 0 Å². The lowest BCUT2D eigenvalue weighted by Gasteiger charge is -2.06. The van der Waals surface area contributed by atoms with Crippen LogP contribution < -0.4 is 15.6 Å². The molecule has 2 rings (SSSR count). The molecule has 88 valence electrons. The van der Waals surface area contributed by atoms with Crippen molar-refractivity contribution in [2.24, 2.45) is 5.73 Å². The number of amides is 1. The quantitative estimate of drug-likeness (QED) is 0.740. The van der Waals surface area contributed by atoms with Gasteiger partial charge in [0.2, 0.25) is 5.91 Å². The van der Waals surface area contributed by atoms with Crippen molar-refractivity contribution < 1.29 is 9.53 Å². The number of carbonyl (C=O) groups is 1. The summed E-state index contributed by atoms with van der Waals surface area (Å²) in [4.78, 5) is 10.7. The second-order valence-corrected chi connectivity index (χ2v) is 3.37. The Labute approximate surface area is 97.0 Å². The van der Waals surface area contributed by atoms with Gasteiger partial charge in [0.1, 0.15) is 12.4 Å². The molecule has 1 amide bonds. The lowest BCUT2D eigenvalue weighted by molar-refractivity contribution is -0.117. The van der Waals surface area contributed by atoms with Gasteiger partial charge in [-0.05, 0) is 17.7 Å². The number of hydrogen-bond donors (Lipinski definition) is 1. The maximum atomic E-state index is 10.7. The van der Waals surface area contributed by atoms with Gasteiger partial charge in [-0.3, -0.25) is 15.1 Å². The Kier molecular flexibility index (Phi) is 3.29. The van der Waals surface area contributed by atoms with Crippen LogP contribution >= 0.6 is 0 Å². The van der Waals surface area contributed by atoms with E-state index in [1.807, 2.05) is 0 Å². The normalized spacial score (nSPS) is 10.1. The van der Waals surface area contributed by atoms with Crippen molar-refractivity contribution in [3.8, 4) is 5.75 Å². The zero-order chi connectivity index (χ0) is 12.1. The molecule has 17 heavy (non-hydrogen) atoms. The van der Waals surface area contributed by atoms with E-state index >= 15 is 0 Å². The van der Waals surface area contributed by atoms with E-state index in [1.54, 1.807) is 24.3 Å². The second kappa shape index (κ2) is 5.06. The predicted molar refractivity (Wildman–Crippen MR) is 56.8 cm³/mol. The first-order valence-electron chi connectivity index (χ1n) is 4.91. The number of hydrogen-bond acceptors (Lipinski definition) is 5. The van der Waals surface area contributed by atoms with Gasteiger partial charge < -0.3 is 15.6 Å². The first-order valence-corrected chi connectivity index (χ1v) is 4.91. The molecule has 1 aromatic carbocycles. The summed E-state index contributed by atoms with van der Waals surface area (Å²) in [7, 11) is 0. The zero-order valence-electron chi connectivity index (χ0n) is 8.91. The van der Waals surface area contributed by atoms with Crippen LogP contribution in [0.5, 0.6) is 5.75 Å². The molecule has 2 aromatic rings. The van der Waals surface area contributed by atoms with Gasteiger partial charge in [-0.1, -0.05) is 12.1 Å². The van der Waals surface area contributed by atoms with E-state index in [0.717, 1.165) is 5.56 Å². The second-order valence-electron chi connectivity index (χ2n) is 3.37. The minimum atomic E-state index is -0.360. The summed E-state index contributed by atoms with van der Waals surface area (Å²) < 4.78 is 5.39. The van der Waals surface area contributed by atoms with Crippen molar-refractivity contribution in [2.75, 3.05) is 0 Å². The third-order valence-electron chi connectivity index (χ3n) is 2.03. The van der Waals surface area contributed by atoms with Crippen molar-refractivity contribution in [2.45, 2.75) is 13.0 Å². The van der Waals surface area contributed by atoms with Crippen LogP contribution in [0.25, 0.3) is 0 Å². The van der Waals surface area contributed by atoms with Gasteiger partial charge in [0.05, 0.1) is 6.42 Å². The van der Waals surface area contributed by atoms with Gasteiger partial charge in [-0.15, -0.1) is 0 Å². The Bertz CT molecular complexity index is 480. The van der Waals surface area contributed by atoms with Crippen LogP contribution in [0.4, 0.5) is 0 Å². The van der Waals surface area contributed by atoms with Crippen LogP contribution in [0.1, 0.15) is 11.4 Å². The van der Waals surface area contributed by atoms with E-state index in [9.17, 15) is 4.79 Å². The predicted octanol–water partition coefficient (Wildman–Crippen LogP) is -0.564. The molecule has 0 saturated heterocycles. The lowest BCUT2D eigenvalue weighted by Crippen LogP contribution is -2.13. The molecular formula is C10H10N5O2-. The van der Waals surface area contributed by atoms with Gasteiger partial charge in [0.25, 0.3) is 0 Å². The third-order valence-corrected chi connectivity index (χ3v) is 2.03. The maximum absolute atomic E-state index is 10.7. The molecule has 7 nitrogen and oxygen atoms in total. The zero-order valence-corrected chi connectivity index (χ0v) is 8.91. The number of benzene rings is 1. The fourth-order valence-corrected chi connectivity index (χ4v) is 1.27. The topological polar surface area (TPSA) is 105 Å². The standard InChI is InChI=1S/C10H11N5O2/c11-9(16)5-7-1-3-8(4-2-7)17-6-10-12-14-15-13-10/h1-4H,5-6H2,(H3,11,12,13,14,15,16)/p-1. The summed E-state index contributed by atoms with van der Waals surface area (Å²) in [5.41, 5.74) is 5.93. The first-order chi connectivity index (χ1) is 8.24. The maximum Gasteiger partial charge on any atom is 0.221 e. The Morgan fingerprint density at radius 2 is 2.12 bits per heavy atom. The smallest absolute Gasteiger partial charge is 0.221 e. The fourth-order valence-electron chi connectivity index (χ4n) is 1.27. The molecule has 1 heterocycles. The van der Waals surface area contributed by atoms with Crippen LogP contribution in [-0.2, 0) is 17.8 Å². The Balaban J connectivity index is 1.91. The molecule has 2 N–H and O–H groups in total. The highest BCUT2D eigenvalue weighted by atomic mass is 16.5. The molecule has 0 aliphatic heterocycles. The van der Waals surface area contributed by atoms with E-state index < -0.39 is 0 Å². The van der Waals surface area contributed by atoms with E-state index in [-0.39, 0.29) is 18.9 Å². The monoisotopic (exact) mass is 232 g/mol. The summed E-state index contributed by atoms with van der Waals surface area (Å²) in [6.45, 7) is 0.210. The van der Waals surface area contributed by atoms with Crippen LogP contribution in [0.2, 0.25) is 0 Å². The average Bonchev–Trinajstić information content (AvgIpc) is 2.80. The van der Waals surface area contributed by atoms with Gasteiger partial charge in [0, 0.05) is 5.82 Å². The number of ether oxygens (including phenoxy) is 1. The van der Waals surface area contributed by atoms with E-state index in [4.69, 9.17) is 10.5 Å². The molecule has 0 saturated carbocycles. The number of tetrazole rings is 1. The number of nitrogens with zero attached hydrogens (tertiary/aromatic N) is 4. The summed E-state index contributed by atoms with van der Waals surface area (Å²) >= 11 is 0. The van der Waals surface area contributed by atoms with Crippen LogP contribution in [0, 0.1) is 0 Å². The highest BCUT2D eigenvalue weighted by molar-refractivity contribution is 5.76. The van der Waals surface area contributed by atoms with Crippen molar-refractivity contribution in [1.82, 2.24) is 20.6 Å². The van der Waals surface area contributed by atoms with E-state index in [1.165, 1.54) is 0 Å². The molecule has 0 spiro atoms. The molecule has 7 heteroatoms. The number of primary amides is 1. The molecular weight excluding hydrogens is 222 g/mol. The molecule has 0 unspecified atom stereocenters. The van der Waals surface area contributed by atoms with Crippen molar-refractivity contribution in [3.05, 3.63) is 35.7 Å².